The minimum atomic E-state index is -0.701. The Morgan fingerprint density at radius 1 is 0.875 bits per heavy atom. The lowest BCUT2D eigenvalue weighted by atomic mass is 10.1. The van der Waals surface area contributed by atoms with Crippen LogP contribution in [0.1, 0.15) is 11.1 Å². The molecule has 24 heavy (non-hydrogen) atoms. The van der Waals surface area contributed by atoms with Gasteiger partial charge in [0.1, 0.15) is 18.3 Å². The van der Waals surface area contributed by atoms with E-state index in [0.29, 0.717) is 19.8 Å². The predicted molar refractivity (Wildman–Crippen MR) is 91.1 cm³/mol. The van der Waals surface area contributed by atoms with E-state index < -0.39 is 12.2 Å². The maximum absolute atomic E-state index is 10.2. The molecule has 0 fully saturated rings. The Morgan fingerprint density at radius 2 is 1.50 bits per heavy atom. The number of aliphatic hydroxyl groups excluding tert-OH is 1. The van der Waals surface area contributed by atoms with Crippen molar-refractivity contribution < 1.29 is 19.3 Å². The fourth-order valence-corrected chi connectivity index (χ4v) is 2.61. The van der Waals surface area contributed by atoms with Crippen LogP contribution in [0.3, 0.4) is 0 Å². The van der Waals surface area contributed by atoms with E-state index in [9.17, 15) is 5.11 Å². The van der Waals surface area contributed by atoms with Crippen molar-refractivity contribution in [2.75, 3.05) is 6.61 Å². The third-order valence-electron chi connectivity index (χ3n) is 3.91. The molecule has 4 heteroatoms. The predicted octanol–water partition coefficient (Wildman–Crippen LogP) is 3.06. The monoisotopic (exact) mass is 326 g/mol. The number of benzene rings is 2. The summed E-state index contributed by atoms with van der Waals surface area (Å²) in [5.74, 6) is 0. The van der Waals surface area contributed by atoms with Gasteiger partial charge in [0.15, 0.2) is 0 Å². The van der Waals surface area contributed by atoms with Crippen LogP contribution in [-0.4, -0.2) is 30.0 Å². The fourth-order valence-electron chi connectivity index (χ4n) is 2.61. The Kier molecular flexibility index (Phi) is 6.01. The van der Waals surface area contributed by atoms with E-state index >= 15 is 0 Å². The molecular formula is C20H22O4. The van der Waals surface area contributed by atoms with Gasteiger partial charge >= 0.3 is 0 Å². The van der Waals surface area contributed by atoms with Gasteiger partial charge in [0.05, 0.1) is 26.1 Å². The lowest BCUT2D eigenvalue weighted by molar-refractivity contribution is -0.130. The second-order valence-corrected chi connectivity index (χ2v) is 5.76. The summed E-state index contributed by atoms with van der Waals surface area (Å²) in [6, 6.07) is 19.8. The third kappa shape index (κ3) is 4.68. The lowest BCUT2D eigenvalue weighted by Crippen LogP contribution is -2.44. The number of ether oxygens (including phenoxy) is 3. The van der Waals surface area contributed by atoms with E-state index in [0.717, 1.165) is 11.1 Å². The van der Waals surface area contributed by atoms with Gasteiger partial charge in [-0.15, -0.1) is 0 Å². The van der Waals surface area contributed by atoms with Crippen LogP contribution < -0.4 is 0 Å². The first kappa shape index (κ1) is 16.7. The maximum atomic E-state index is 10.2. The summed E-state index contributed by atoms with van der Waals surface area (Å²) < 4.78 is 17.2. The standard InChI is InChI=1S/C20H22O4/c21-18-11-12-23-19(15-22-13-16-7-3-1-4-8-16)20(18)24-14-17-9-5-2-6-10-17/h1-12,18-21H,13-15H2/t18?,19-,20+/m1/s1. The van der Waals surface area contributed by atoms with Crippen molar-refractivity contribution >= 4 is 0 Å². The van der Waals surface area contributed by atoms with E-state index in [1.807, 2.05) is 60.7 Å². The average Bonchev–Trinajstić information content (AvgIpc) is 2.63. The molecule has 0 aliphatic carbocycles. The second-order valence-electron chi connectivity index (χ2n) is 5.76. The summed E-state index contributed by atoms with van der Waals surface area (Å²) in [6.45, 7) is 1.29. The SMILES string of the molecule is OC1C=CO[C@H](COCc2ccccc2)[C@H]1OCc1ccccc1. The molecule has 1 unspecified atom stereocenters. The highest BCUT2D eigenvalue weighted by Crippen LogP contribution is 2.19. The van der Waals surface area contributed by atoms with Crippen molar-refractivity contribution in [3.05, 3.63) is 84.1 Å². The summed E-state index contributed by atoms with van der Waals surface area (Å²) in [5.41, 5.74) is 2.16. The van der Waals surface area contributed by atoms with Gasteiger partial charge in [-0.1, -0.05) is 60.7 Å². The largest absolute Gasteiger partial charge is 0.493 e. The van der Waals surface area contributed by atoms with Crippen molar-refractivity contribution in [3.8, 4) is 0 Å². The van der Waals surface area contributed by atoms with E-state index in [2.05, 4.69) is 0 Å². The molecule has 0 bridgehead atoms. The van der Waals surface area contributed by atoms with Crippen LogP contribution in [0.15, 0.2) is 73.0 Å². The van der Waals surface area contributed by atoms with Gasteiger partial charge in [-0.2, -0.15) is 0 Å². The molecule has 0 saturated carbocycles. The van der Waals surface area contributed by atoms with Gasteiger partial charge in [-0.25, -0.2) is 0 Å². The topological polar surface area (TPSA) is 47.9 Å². The van der Waals surface area contributed by atoms with Crippen LogP contribution in [0.2, 0.25) is 0 Å². The molecule has 3 atom stereocenters. The van der Waals surface area contributed by atoms with Gasteiger partial charge < -0.3 is 19.3 Å². The molecule has 2 aromatic rings. The van der Waals surface area contributed by atoms with Crippen LogP contribution in [0, 0.1) is 0 Å². The molecule has 0 aromatic heterocycles. The van der Waals surface area contributed by atoms with Crippen LogP contribution >= 0.6 is 0 Å². The van der Waals surface area contributed by atoms with Gasteiger partial charge in [0.25, 0.3) is 0 Å². The van der Waals surface area contributed by atoms with Crippen molar-refractivity contribution in [3.63, 3.8) is 0 Å². The zero-order chi connectivity index (χ0) is 16.6. The molecule has 0 radical (unpaired) electrons. The molecule has 0 amide bonds. The summed E-state index contributed by atoms with van der Waals surface area (Å²) >= 11 is 0. The van der Waals surface area contributed by atoms with Crippen LogP contribution in [0.4, 0.5) is 0 Å². The lowest BCUT2D eigenvalue weighted by Gasteiger charge is -2.32. The molecule has 1 aliphatic rings. The van der Waals surface area contributed by atoms with Gasteiger partial charge in [0, 0.05) is 0 Å². The van der Waals surface area contributed by atoms with Crippen LogP contribution in [0.25, 0.3) is 0 Å². The molecular weight excluding hydrogens is 304 g/mol. The van der Waals surface area contributed by atoms with Crippen molar-refractivity contribution in [2.45, 2.75) is 31.5 Å². The van der Waals surface area contributed by atoms with Crippen LogP contribution in [-0.2, 0) is 27.4 Å². The summed E-state index contributed by atoms with van der Waals surface area (Å²) in [4.78, 5) is 0. The van der Waals surface area contributed by atoms with Crippen molar-refractivity contribution in [2.24, 2.45) is 0 Å². The summed E-state index contributed by atoms with van der Waals surface area (Å²) in [7, 11) is 0. The molecule has 1 N–H and O–H groups in total. The molecule has 1 heterocycles. The Labute approximate surface area is 142 Å². The minimum Gasteiger partial charge on any atom is -0.493 e. The average molecular weight is 326 g/mol. The Bertz CT molecular complexity index is 627. The number of rotatable bonds is 7. The molecule has 2 aromatic carbocycles. The minimum absolute atomic E-state index is 0.336. The zero-order valence-corrected chi connectivity index (χ0v) is 13.5. The molecule has 126 valence electrons. The third-order valence-corrected chi connectivity index (χ3v) is 3.91. The van der Waals surface area contributed by atoms with E-state index in [-0.39, 0.29) is 6.10 Å². The van der Waals surface area contributed by atoms with E-state index in [1.54, 1.807) is 6.08 Å². The quantitative estimate of drug-likeness (QED) is 0.849. The second kappa shape index (κ2) is 8.64. The Balaban J connectivity index is 1.53. The van der Waals surface area contributed by atoms with E-state index in [4.69, 9.17) is 14.2 Å². The maximum Gasteiger partial charge on any atom is 0.150 e. The molecule has 0 spiro atoms. The number of hydrogen-bond acceptors (Lipinski definition) is 4. The molecule has 1 aliphatic heterocycles. The molecule has 4 nitrogen and oxygen atoms in total. The fraction of sp³-hybridized carbons (Fsp3) is 0.300. The summed E-state index contributed by atoms with van der Waals surface area (Å²) in [6.07, 6.45) is 1.63. The van der Waals surface area contributed by atoms with Crippen molar-refractivity contribution in [1.29, 1.82) is 0 Å². The highest BCUT2D eigenvalue weighted by atomic mass is 16.6. The highest BCUT2D eigenvalue weighted by Gasteiger charge is 2.32. The van der Waals surface area contributed by atoms with Crippen molar-refractivity contribution in [1.82, 2.24) is 0 Å². The first-order valence-electron chi connectivity index (χ1n) is 8.10. The van der Waals surface area contributed by atoms with E-state index in [1.165, 1.54) is 6.26 Å². The molecule has 3 rings (SSSR count). The highest BCUT2D eigenvalue weighted by molar-refractivity contribution is 5.14. The summed E-state index contributed by atoms with van der Waals surface area (Å²) in [5, 5.41) is 10.2. The van der Waals surface area contributed by atoms with Crippen LogP contribution in [0.5, 0.6) is 0 Å². The Hall–Kier alpha value is -2.14. The zero-order valence-electron chi connectivity index (χ0n) is 13.5. The Morgan fingerprint density at radius 3 is 2.17 bits per heavy atom. The van der Waals surface area contributed by atoms with Gasteiger partial charge in [-0.3, -0.25) is 0 Å². The number of hydrogen-bond donors (Lipinski definition) is 1. The van der Waals surface area contributed by atoms with Gasteiger partial charge in [0.2, 0.25) is 0 Å². The first-order valence-corrected chi connectivity index (χ1v) is 8.10. The first-order chi connectivity index (χ1) is 11.8. The smallest absolute Gasteiger partial charge is 0.150 e. The normalized spacial score (nSPS) is 23.0. The number of aliphatic hydroxyl groups is 1. The van der Waals surface area contributed by atoms with Gasteiger partial charge in [-0.05, 0) is 17.2 Å². The molecule has 0 saturated heterocycles.